The smallest absolute Gasteiger partial charge is 0.345 e. The number of aromatic carboxylic acids is 1. The third kappa shape index (κ3) is 3.92. The molecule has 0 amide bonds. The molecule has 0 unspecified atom stereocenters. The number of carboxylic acids is 1. The maximum absolute atomic E-state index is 11.6. The average Bonchev–Trinajstić information content (AvgIpc) is 2.90. The molecule has 1 aliphatic rings. The summed E-state index contributed by atoms with van der Waals surface area (Å²) in [7, 11) is -3.44. The van der Waals surface area contributed by atoms with Crippen molar-refractivity contribution < 1.29 is 23.1 Å². The molecule has 2 aromatic rings. The summed E-state index contributed by atoms with van der Waals surface area (Å²) >= 11 is 1.18. The van der Waals surface area contributed by atoms with Crippen LogP contribution in [0.3, 0.4) is 0 Å². The average molecular weight is 393 g/mol. The molecule has 0 saturated carbocycles. The lowest BCUT2D eigenvalue weighted by Crippen LogP contribution is -2.36. The van der Waals surface area contributed by atoms with Gasteiger partial charge in [0.15, 0.2) is 0 Å². The van der Waals surface area contributed by atoms with E-state index in [2.05, 4.69) is 4.72 Å². The molecule has 24 heavy (non-hydrogen) atoms. The maximum Gasteiger partial charge on any atom is 0.345 e. The second-order valence-corrected chi connectivity index (χ2v) is 8.10. The van der Waals surface area contributed by atoms with Crippen LogP contribution in [0.25, 0.3) is 10.1 Å². The molecule has 2 heterocycles. The molecular formula is C14H17ClN2O5S2. The van der Waals surface area contributed by atoms with Gasteiger partial charge in [-0.2, -0.15) is 0 Å². The lowest BCUT2D eigenvalue weighted by Gasteiger charge is -2.31. The van der Waals surface area contributed by atoms with E-state index in [1.54, 1.807) is 18.2 Å². The first kappa shape index (κ1) is 18.8. The van der Waals surface area contributed by atoms with E-state index in [0.29, 0.717) is 37.7 Å². The molecule has 0 spiro atoms. The maximum atomic E-state index is 11.6. The van der Waals surface area contributed by atoms with Gasteiger partial charge in [-0.15, -0.1) is 23.7 Å². The largest absolute Gasteiger partial charge is 0.477 e. The molecule has 1 saturated heterocycles. The predicted octanol–water partition coefficient (Wildman–Crippen LogP) is 2.23. The summed E-state index contributed by atoms with van der Waals surface area (Å²) in [5.74, 6) is -0.989. The van der Waals surface area contributed by atoms with Crippen molar-refractivity contribution in [1.82, 2.24) is 0 Å². The Bertz CT molecular complexity index is 859. The van der Waals surface area contributed by atoms with Crippen LogP contribution < -0.4 is 9.62 Å². The van der Waals surface area contributed by atoms with Crippen molar-refractivity contribution >= 4 is 61.2 Å². The van der Waals surface area contributed by atoms with E-state index in [4.69, 9.17) is 4.74 Å². The molecule has 0 aliphatic carbocycles. The van der Waals surface area contributed by atoms with Crippen molar-refractivity contribution in [3.63, 3.8) is 0 Å². The van der Waals surface area contributed by atoms with Crippen LogP contribution in [0.15, 0.2) is 18.2 Å². The highest BCUT2D eigenvalue weighted by molar-refractivity contribution is 7.92. The number of morpholine rings is 1. The predicted molar refractivity (Wildman–Crippen MR) is 97.5 cm³/mol. The van der Waals surface area contributed by atoms with Crippen molar-refractivity contribution in [2.45, 2.75) is 0 Å². The molecule has 132 valence electrons. The van der Waals surface area contributed by atoms with Gasteiger partial charge in [-0.25, -0.2) is 13.2 Å². The summed E-state index contributed by atoms with van der Waals surface area (Å²) in [5, 5.41) is 9.95. The number of fused-ring (bicyclic) bond motifs is 1. The Morgan fingerprint density at radius 2 is 2.00 bits per heavy atom. The zero-order valence-electron chi connectivity index (χ0n) is 12.8. The Kier molecular flexibility index (Phi) is 5.59. The van der Waals surface area contributed by atoms with Crippen LogP contribution in [0, 0.1) is 0 Å². The Morgan fingerprint density at radius 3 is 2.58 bits per heavy atom. The van der Waals surface area contributed by atoms with E-state index in [0.717, 1.165) is 16.3 Å². The third-order valence-corrected chi connectivity index (χ3v) is 5.18. The Labute approximate surface area is 149 Å². The quantitative estimate of drug-likeness (QED) is 0.828. The number of sulfonamides is 1. The van der Waals surface area contributed by atoms with Gasteiger partial charge in [0.05, 0.1) is 30.8 Å². The van der Waals surface area contributed by atoms with Gasteiger partial charge in [0.1, 0.15) is 4.88 Å². The summed E-state index contributed by atoms with van der Waals surface area (Å²) in [6.45, 7) is 2.33. The fourth-order valence-electron chi connectivity index (χ4n) is 2.61. The fourth-order valence-corrected chi connectivity index (χ4v) is 4.08. The standard InChI is InChI=1S/C14H16N2O5S2.ClH/c1-23(19,20)15-10-2-3-11-9(8-12(22-11)14(17)18)13(10)16-4-6-21-7-5-16;/h2-3,8,15H,4-7H2,1H3,(H,17,18);1H. The van der Waals surface area contributed by atoms with Gasteiger partial charge in [0.2, 0.25) is 10.0 Å². The second kappa shape index (κ2) is 7.14. The molecule has 2 N–H and O–H groups in total. The summed E-state index contributed by atoms with van der Waals surface area (Å²) in [5.41, 5.74) is 1.16. The number of nitrogens with one attached hydrogen (secondary N) is 1. The van der Waals surface area contributed by atoms with Crippen LogP contribution in [0.2, 0.25) is 0 Å². The van der Waals surface area contributed by atoms with Crippen molar-refractivity contribution in [3.8, 4) is 0 Å². The molecule has 1 aromatic heterocycles. The van der Waals surface area contributed by atoms with Crippen molar-refractivity contribution in [3.05, 3.63) is 23.1 Å². The Morgan fingerprint density at radius 1 is 1.33 bits per heavy atom. The highest BCUT2D eigenvalue weighted by Gasteiger charge is 2.21. The second-order valence-electron chi connectivity index (χ2n) is 5.26. The number of ether oxygens (including phenoxy) is 1. The van der Waals surface area contributed by atoms with Crippen molar-refractivity contribution in [1.29, 1.82) is 0 Å². The van der Waals surface area contributed by atoms with Crippen LogP contribution in [-0.4, -0.2) is 52.1 Å². The minimum absolute atomic E-state index is 0. The van der Waals surface area contributed by atoms with Gasteiger partial charge >= 0.3 is 5.97 Å². The van der Waals surface area contributed by atoms with Crippen LogP contribution in [0.4, 0.5) is 11.4 Å². The van der Waals surface area contributed by atoms with Crippen LogP contribution in [0.1, 0.15) is 9.67 Å². The third-order valence-electron chi connectivity index (χ3n) is 3.51. The highest BCUT2D eigenvalue weighted by Crippen LogP contribution is 2.39. The fraction of sp³-hybridized carbons (Fsp3) is 0.357. The molecule has 0 bridgehead atoms. The topological polar surface area (TPSA) is 95.9 Å². The molecule has 0 atom stereocenters. The normalized spacial score (nSPS) is 15.1. The minimum Gasteiger partial charge on any atom is -0.477 e. The number of rotatable bonds is 4. The zero-order valence-corrected chi connectivity index (χ0v) is 15.3. The monoisotopic (exact) mass is 392 g/mol. The van der Waals surface area contributed by atoms with Gasteiger partial charge in [-0.3, -0.25) is 4.72 Å². The molecule has 1 fully saturated rings. The summed E-state index contributed by atoms with van der Waals surface area (Å²) < 4.78 is 32.0. The van der Waals surface area contributed by atoms with E-state index >= 15 is 0 Å². The lowest BCUT2D eigenvalue weighted by molar-refractivity contribution is 0.0702. The number of halogens is 1. The number of hydrogen-bond acceptors (Lipinski definition) is 6. The van der Waals surface area contributed by atoms with Gasteiger partial charge in [0, 0.05) is 23.2 Å². The van der Waals surface area contributed by atoms with Crippen molar-refractivity contribution in [2.24, 2.45) is 0 Å². The number of benzene rings is 1. The zero-order chi connectivity index (χ0) is 16.6. The van der Waals surface area contributed by atoms with Crippen molar-refractivity contribution in [2.75, 3.05) is 42.2 Å². The molecule has 0 radical (unpaired) electrons. The van der Waals surface area contributed by atoms with Gasteiger partial charge in [-0.1, -0.05) is 0 Å². The van der Waals surface area contributed by atoms with E-state index in [1.165, 1.54) is 11.3 Å². The molecule has 10 heteroatoms. The summed E-state index contributed by atoms with van der Waals surface area (Å²) in [6.07, 6.45) is 1.09. The first-order valence-electron chi connectivity index (χ1n) is 6.95. The van der Waals surface area contributed by atoms with E-state index in [-0.39, 0.29) is 17.3 Å². The molecule has 1 aliphatic heterocycles. The Balaban J connectivity index is 0.00000208. The van der Waals surface area contributed by atoms with E-state index in [1.807, 2.05) is 4.90 Å². The SMILES string of the molecule is CS(=O)(=O)Nc1ccc2sc(C(=O)O)cc2c1N1CCOCC1.Cl. The molecule has 7 nitrogen and oxygen atoms in total. The number of carbonyl (C=O) groups is 1. The number of nitrogens with zero attached hydrogens (tertiary/aromatic N) is 1. The summed E-state index contributed by atoms with van der Waals surface area (Å²) in [6, 6.07) is 5.01. The van der Waals surface area contributed by atoms with Gasteiger partial charge < -0.3 is 14.7 Å². The first-order valence-corrected chi connectivity index (χ1v) is 9.66. The number of hydrogen-bond donors (Lipinski definition) is 2. The summed E-state index contributed by atoms with van der Waals surface area (Å²) in [4.78, 5) is 13.5. The minimum atomic E-state index is -3.44. The highest BCUT2D eigenvalue weighted by atomic mass is 35.5. The number of anilines is 2. The van der Waals surface area contributed by atoms with E-state index in [9.17, 15) is 18.3 Å². The van der Waals surface area contributed by atoms with Crippen LogP contribution >= 0.6 is 23.7 Å². The van der Waals surface area contributed by atoms with Crippen LogP contribution in [-0.2, 0) is 14.8 Å². The molecule has 3 rings (SSSR count). The van der Waals surface area contributed by atoms with Gasteiger partial charge in [-0.05, 0) is 18.2 Å². The first-order chi connectivity index (χ1) is 10.8. The van der Waals surface area contributed by atoms with E-state index < -0.39 is 16.0 Å². The molecule has 1 aromatic carbocycles. The lowest BCUT2D eigenvalue weighted by atomic mass is 10.1. The number of thiophene rings is 1. The number of carboxylic acid groups (broad SMARTS) is 1. The molecular weight excluding hydrogens is 376 g/mol. The Hall–Kier alpha value is -1.55. The van der Waals surface area contributed by atoms with Crippen LogP contribution in [0.5, 0.6) is 0 Å². The van der Waals surface area contributed by atoms with Gasteiger partial charge in [0.25, 0.3) is 0 Å².